The number of nitrogens with two attached hydrogens (primary N) is 2. The molecule has 1 amide bonds. The van der Waals surface area contributed by atoms with Crippen LogP contribution < -0.4 is 17.0 Å². The van der Waals surface area contributed by atoms with Crippen LogP contribution in [0.25, 0.3) is 22.2 Å². The molecule has 0 saturated carbocycles. The van der Waals surface area contributed by atoms with E-state index in [1.165, 1.54) is 16.8 Å². The molecule has 5 N–H and O–H groups in total. The first-order chi connectivity index (χ1) is 11.3. The summed E-state index contributed by atoms with van der Waals surface area (Å²) in [6.07, 6.45) is 1.17. The highest BCUT2D eigenvalue weighted by Gasteiger charge is 2.20. The second-order valence-electron chi connectivity index (χ2n) is 5.55. The zero-order valence-corrected chi connectivity index (χ0v) is 13.2. The molecule has 0 unspecified atom stereocenters. The molecule has 0 aliphatic carbocycles. The first-order valence-electron chi connectivity index (χ1n) is 7.20. The van der Waals surface area contributed by atoms with E-state index in [4.69, 9.17) is 11.5 Å². The average molecular weight is 324 g/mol. The topological polar surface area (TPSA) is 124 Å². The molecular formula is C17H16N4O3. The quantitative estimate of drug-likeness (QED) is 0.613. The van der Waals surface area contributed by atoms with Gasteiger partial charge in [0.05, 0.1) is 28.5 Å². The SMILES string of the molecule is Cc1c(O)cccc1-c1c(N)c(C(N)=O)cc2ncc(=O)n(C)c12. The highest BCUT2D eigenvalue weighted by Crippen LogP contribution is 2.38. The van der Waals surface area contributed by atoms with Gasteiger partial charge in [0, 0.05) is 12.6 Å². The molecule has 0 radical (unpaired) electrons. The van der Waals surface area contributed by atoms with Crippen molar-refractivity contribution in [3.8, 4) is 16.9 Å². The fraction of sp³-hybridized carbons (Fsp3) is 0.118. The van der Waals surface area contributed by atoms with Gasteiger partial charge in [-0.2, -0.15) is 0 Å². The zero-order chi connectivity index (χ0) is 17.6. The molecule has 0 atom stereocenters. The van der Waals surface area contributed by atoms with Gasteiger partial charge < -0.3 is 21.1 Å². The van der Waals surface area contributed by atoms with E-state index in [-0.39, 0.29) is 22.6 Å². The summed E-state index contributed by atoms with van der Waals surface area (Å²) < 4.78 is 1.41. The highest BCUT2D eigenvalue weighted by atomic mass is 16.3. The van der Waals surface area contributed by atoms with E-state index >= 15 is 0 Å². The number of carbonyl (C=O) groups is 1. The summed E-state index contributed by atoms with van der Waals surface area (Å²) in [7, 11) is 1.59. The summed E-state index contributed by atoms with van der Waals surface area (Å²) in [5.41, 5.74) is 14.1. The summed E-state index contributed by atoms with van der Waals surface area (Å²) in [5.74, 6) is -0.609. The monoisotopic (exact) mass is 324 g/mol. The summed E-state index contributed by atoms with van der Waals surface area (Å²) in [4.78, 5) is 27.9. The molecule has 0 spiro atoms. The van der Waals surface area contributed by atoms with Gasteiger partial charge in [0.15, 0.2) is 0 Å². The maximum Gasteiger partial charge on any atom is 0.269 e. The van der Waals surface area contributed by atoms with E-state index in [1.54, 1.807) is 32.2 Å². The number of phenolic OH excluding ortho intramolecular Hbond substituents is 1. The first-order valence-corrected chi connectivity index (χ1v) is 7.20. The Bertz CT molecular complexity index is 1050. The van der Waals surface area contributed by atoms with Crippen LogP contribution in [0.2, 0.25) is 0 Å². The second-order valence-corrected chi connectivity index (χ2v) is 5.55. The number of aromatic nitrogens is 2. The molecule has 7 nitrogen and oxygen atoms in total. The van der Waals surface area contributed by atoms with Gasteiger partial charge >= 0.3 is 0 Å². The number of primary amides is 1. The maximum atomic E-state index is 12.0. The van der Waals surface area contributed by atoms with Gasteiger partial charge in [0.25, 0.3) is 11.5 Å². The standard InChI is InChI=1S/C17H16N4O3/c1-8-9(4-3-5-12(8)22)14-15(18)10(17(19)24)6-11-16(14)21(2)13(23)7-20-11/h3-7,22H,18H2,1-2H3,(H2,19,24). The lowest BCUT2D eigenvalue weighted by molar-refractivity contribution is 0.100. The van der Waals surface area contributed by atoms with Gasteiger partial charge in [-0.25, -0.2) is 4.98 Å². The van der Waals surface area contributed by atoms with Gasteiger partial charge in [-0.3, -0.25) is 9.59 Å². The second kappa shape index (κ2) is 5.38. The first kappa shape index (κ1) is 15.5. The Morgan fingerprint density at radius 3 is 2.71 bits per heavy atom. The number of amides is 1. The number of carbonyl (C=O) groups excluding carboxylic acids is 1. The molecule has 0 aliphatic rings. The molecule has 0 bridgehead atoms. The number of aryl methyl sites for hydroxylation is 1. The van der Waals surface area contributed by atoms with Crippen molar-refractivity contribution in [1.29, 1.82) is 0 Å². The van der Waals surface area contributed by atoms with Crippen molar-refractivity contribution in [2.75, 3.05) is 5.73 Å². The van der Waals surface area contributed by atoms with Crippen LogP contribution in [0.4, 0.5) is 5.69 Å². The molecule has 24 heavy (non-hydrogen) atoms. The van der Waals surface area contributed by atoms with E-state index in [2.05, 4.69) is 4.98 Å². The Morgan fingerprint density at radius 1 is 1.33 bits per heavy atom. The Morgan fingerprint density at radius 2 is 2.04 bits per heavy atom. The van der Waals surface area contributed by atoms with Gasteiger partial charge in [0.2, 0.25) is 0 Å². The fourth-order valence-corrected chi connectivity index (χ4v) is 2.80. The molecule has 3 aromatic rings. The van der Waals surface area contributed by atoms with E-state index < -0.39 is 5.91 Å². The van der Waals surface area contributed by atoms with Gasteiger partial charge in [-0.1, -0.05) is 12.1 Å². The van der Waals surface area contributed by atoms with Crippen LogP contribution in [0.5, 0.6) is 5.75 Å². The third-order valence-electron chi connectivity index (χ3n) is 4.14. The van der Waals surface area contributed by atoms with Crippen LogP contribution in [-0.2, 0) is 7.05 Å². The molecule has 122 valence electrons. The van der Waals surface area contributed by atoms with Crippen molar-refractivity contribution < 1.29 is 9.90 Å². The van der Waals surface area contributed by atoms with Crippen LogP contribution in [0.15, 0.2) is 35.3 Å². The van der Waals surface area contributed by atoms with Crippen molar-refractivity contribution in [3.05, 3.63) is 51.9 Å². The van der Waals surface area contributed by atoms with Crippen LogP contribution in [0.1, 0.15) is 15.9 Å². The van der Waals surface area contributed by atoms with E-state index in [9.17, 15) is 14.7 Å². The number of hydrogen-bond donors (Lipinski definition) is 3. The molecule has 0 saturated heterocycles. The van der Waals surface area contributed by atoms with Crippen molar-refractivity contribution in [2.45, 2.75) is 6.92 Å². The predicted molar refractivity (Wildman–Crippen MR) is 91.8 cm³/mol. The number of benzene rings is 2. The van der Waals surface area contributed by atoms with Gasteiger partial charge in [0.1, 0.15) is 5.75 Å². The van der Waals surface area contributed by atoms with E-state index in [0.717, 1.165) is 0 Å². The molecule has 1 heterocycles. The van der Waals surface area contributed by atoms with Crippen LogP contribution in [0, 0.1) is 6.92 Å². The summed E-state index contributed by atoms with van der Waals surface area (Å²) >= 11 is 0. The number of anilines is 1. The number of fused-ring (bicyclic) bond motifs is 1. The van der Waals surface area contributed by atoms with Crippen molar-refractivity contribution in [3.63, 3.8) is 0 Å². The Hall–Kier alpha value is -3.35. The minimum absolute atomic E-state index is 0.0819. The lowest BCUT2D eigenvalue weighted by Gasteiger charge is -2.17. The van der Waals surface area contributed by atoms with Gasteiger partial charge in [-0.05, 0) is 30.2 Å². The fourth-order valence-electron chi connectivity index (χ4n) is 2.80. The Labute approximate surface area is 137 Å². The van der Waals surface area contributed by atoms with Crippen molar-refractivity contribution in [1.82, 2.24) is 9.55 Å². The Kier molecular flexibility index (Phi) is 3.48. The number of rotatable bonds is 2. The van der Waals surface area contributed by atoms with Crippen LogP contribution >= 0.6 is 0 Å². The highest BCUT2D eigenvalue weighted by molar-refractivity contribution is 6.10. The van der Waals surface area contributed by atoms with Crippen LogP contribution in [-0.4, -0.2) is 20.6 Å². The molecule has 0 aliphatic heterocycles. The lowest BCUT2D eigenvalue weighted by atomic mass is 9.94. The molecule has 3 rings (SSSR count). The molecular weight excluding hydrogens is 308 g/mol. The van der Waals surface area contributed by atoms with Crippen molar-refractivity contribution >= 4 is 22.6 Å². The average Bonchev–Trinajstić information content (AvgIpc) is 2.54. The minimum atomic E-state index is -0.691. The third-order valence-corrected chi connectivity index (χ3v) is 4.14. The maximum absolute atomic E-state index is 12.0. The predicted octanol–water partition coefficient (Wildman–Crippen LogP) is 1.30. The molecule has 1 aromatic heterocycles. The number of phenols is 1. The number of nitrogen functional groups attached to an aromatic ring is 1. The van der Waals surface area contributed by atoms with E-state index in [0.29, 0.717) is 27.7 Å². The van der Waals surface area contributed by atoms with Gasteiger partial charge in [-0.15, -0.1) is 0 Å². The largest absolute Gasteiger partial charge is 0.508 e. The van der Waals surface area contributed by atoms with Crippen LogP contribution in [0.3, 0.4) is 0 Å². The normalized spacial score (nSPS) is 10.9. The van der Waals surface area contributed by atoms with E-state index in [1.807, 2.05) is 0 Å². The third kappa shape index (κ3) is 2.18. The summed E-state index contributed by atoms with van der Waals surface area (Å²) in [6, 6.07) is 6.43. The number of nitrogens with zero attached hydrogens (tertiary/aromatic N) is 2. The lowest BCUT2D eigenvalue weighted by Crippen LogP contribution is -2.20. The zero-order valence-electron chi connectivity index (χ0n) is 13.2. The minimum Gasteiger partial charge on any atom is -0.508 e. The number of hydrogen-bond acceptors (Lipinski definition) is 5. The summed E-state index contributed by atoms with van der Waals surface area (Å²) in [5, 5.41) is 10.0. The molecule has 0 fully saturated rings. The van der Waals surface area contributed by atoms with Crippen molar-refractivity contribution in [2.24, 2.45) is 12.8 Å². The smallest absolute Gasteiger partial charge is 0.269 e. The number of aromatic hydroxyl groups is 1. The molecule has 7 heteroatoms. The summed E-state index contributed by atoms with van der Waals surface area (Å²) in [6.45, 7) is 1.72. The Balaban J connectivity index is 2.60. The molecule has 2 aromatic carbocycles.